The van der Waals surface area contributed by atoms with E-state index in [9.17, 15) is 0 Å². The Labute approximate surface area is 92.8 Å². The molecule has 4 nitrogen and oxygen atoms in total. The molecule has 0 saturated heterocycles. The quantitative estimate of drug-likeness (QED) is 0.866. The molecule has 0 aliphatic carbocycles. The van der Waals surface area contributed by atoms with Gasteiger partial charge in [0.05, 0.1) is 5.69 Å². The number of anilines is 1. The van der Waals surface area contributed by atoms with Gasteiger partial charge in [0.1, 0.15) is 10.7 Å². The van der Waals surface area contributed by atoms with Gasteiger partial charge in [0.2, 0.25) is 0 Å². The lowest BCUT2D eigenvalue weighted by molar-refractivity contribution is 0.484. The lowest BCUT2D eigenvalue weighted by atomic mass is 10.2. The number of thiazole rings is 1. The minimum Gasteiger partial charge on any atom is -0.396 e. The number of aromatic nitrogens is 3. The summed E-state index contributed by atoms with van der Waals surface area (Å²) in [7, 11) is 0. The normalized spacial score (nSPS) is 11.1. The minimum absolute atomic E-state index is 0.563. The van der Waals surface area contributed by atoms with Gasteiger partial charge in [0, 0.05) is 24.3 Å². The molecule has 2 aromatic rings. The Morgan fingerprint density at radius 3 is 2.93 bits per heavy atom. The van der Waals surface area contributed by atoms with Crippen LogP contribution in [0.1, 0.15) is 13.8 Å². The summed E-state index contributed by atoms with van der Waals surface area (Å²) >= 11 is 1.56. The second-order valence-electron chi connectivity index (χ2n) is 3.89. The van der Waals surface area contributed by atoms with Gasteiger partial charge in [-0.1, -0.05) is 13.8 Å². The Balaban J connectivity index is 2.30. The first kappa shape index (κ1) is 10.2. The van der Waals surface area contributed by atoms with E-state index in [2.05, 4.69) is 23.9 Å². The van der Waals surface area contributed by atoms with Crippen LogP contribution in [-0.4, -0.2) is 14.8 Å². The van der Waals surface area contributed by atoms with Crippen molar-refractivity contribution in [2.45, 2.75) is 20.4 Å². The van der Waals surface area contributed by atoms with Crippen molar-refractivity contribution in [2.24, 2.45) is 5.92 Å². The first-order chi connectivity index (χ1) is 7.16. The maximum atomic E-state index is 5.89. The summed E-state index contributed by atoms with van der Waals surface area (Å²) in [6.07, 6.45) is 3.64. The van der Waals surface area contributed by atoms with E-state index >= 15 is 0 Å². The zero-order chi connectivity index (χ0) is 10.8. The third-order valence-electron chi connectivity index (χ3n) is 1.98. The number of hydrogen-bond donors (Lipinski definition) is 1. The molecule has 2 rings (SSSR count). The number of nitrogens with two attached hydrogens (primary N) is 1. The highest BCUT2D eigenvalue weighted by Gasteiger charge is 2.10. The smallest absolute Gasteiger partial charge is 0.145 e. The van der Waals surface area contributed by atoms with Gasteiger partial charge in [-0.3, -0.25) is 4.68 Å². The fourth-order valence-corrected chi connectivity index (χ4v) is 2.05. The lowest BCUT2D eigenvalue weighted by Gasteiger charge is -2.03. The van der Waals surface area contributed by atoms with Crippen LogP contribution in [0.5, 0.6) is 0 Å². The molecule has 15 heavy (non-hydrogen) atoms. The van der Waals surface area contributed by atoms with Crippen molar-refractivity contribution in [3.8, 4) is 10.7 Å². The Bertz CT molecular complexity index is 430. The maximum absolute atomic E-state index is 5.89. The average Bonchev–Trinajstić information content (AvgIpc) is 2.72. The van der Waals surface area contributed by atoms with Gasteiger partial charge in [-0.2, -0.15) is 5.10 Å². The van der Waals surface area contributed by atoms with E-state index in [0.717, 1.165) is 17.2 Å². The van der Waals surface area contributed by atoms with Crippen LogP contribution in [0.25, 0.3) is 10.7 Å². The highest BCUT2D eigenvalue weighted by molar-refractivity contribution is 7.13. The molecule has 0 saturated carbocycles. The highest BCUT2D eigenvalue weighted by atomic mass is 32.1. The Morgan fingerprint density at radius 2 is 2.33 bits per heavy atom. The fourth-order valence-electron chi connectivity index (χ4n) is 1.41. The van der Waals surface area contributed by atoms with Crippen LogP contribution in [0.15, 0.2) is 17.8 Å². The van der Waals surface area contributed by atoms with Crippen molar-refractivity contribution in [3.63, 3.8) is 0 Å². The molecular formula is C10H14N4S. The van der Waals surface area contributed by atoms with E-state index in [-0.39, 0.29) is 0 Å². The molecule has 2 heterocycles. The van der Waals surface area contributed by atoms with Crippen molar-refractivity contribution < 1.29 is 0 Å². The summed E-state index contributed by atoms with van der Waals surface area (Å²) in [5.74, 6) is 0.563. The molecule has 2 N–H and O–H groups in total. The molecule has 0 unspecified atom stereocenters. The van der Waals surface area contributed by atoms with Gasteiger partial charge in [0.15, 0.2) is 0 Å². The topological polar surface area (TPSA) is 56.7 Å². The van der Waals surface area contributed by atoms with Crippen LogP contribution in [0.3, 0.4) is 0 Å². The molecule has 0 amide bonds. The molecule has 80 valence electrons. The molecule has 0 aromatic carbocycles. The predicted octanol–water partition coefficient (Wildman–Crippen LogP) is 2.24. The van der Waals surface area contributed by atoms with Crippen molar-refractivity contribution in [2.75, 3.05) is 5.73 Å². The van der Waals surface area contributed by atoms with Crippen LogP contribution in [-0.2, 0) is 6.54 Å². The molecule has 5 heteroatoms. The first-order valence-corrected chi connectivity index (χ1v) is 5.77. The standard InChI is InChI=1S/C10H14N4S/c1-7(2)5-14-6-8(11)9(13-14)10-12-3-4-15-10/h3-4,6-7H,5,11H2,1-2H3. The number of hydrogen-bond acceptors (Lipinski definition) is 4. The van der Waals surface area contributed by atoms with E-state index in [1.807, 2.05) is 16.3 Å². The number of rotatable bonds is 3. The number of nitrogens with zero attached hydrogens (tertiary/aromatic N) is 3. The second-order valence-corrected chi connectivity index (χ2v) is 4.78. The molecule has 0 radical (unpaired) electrons. The largest absolute Gasteiger partial charge is 0.396 e. The summed E-state index contributed by atoms with van der Waals surface area (Å²) in [6.45, 7) is 5.19. The molecule has 0 atom stereocenters. The molecule has 0 spiro atoms. The van der Waals surface area contributed by atoms with Crippen molar-refractivity contribution >= 4 is 17.0 Å². The van der Waals surface area contributed by atoms with Gasteiger partial charge in [-0.25, -0.2) is 4.98 Å². The van der Waals surface area contributed by atoms with Crippen molar-refractivity contribution in [1.82, 2.24) is 14.8 Å². The summed E-state index contributed by atoms with van der Waals surface area (Å²) in [5, 5.41) is 7.24. The fraction of sp³-hybridized carbons (Fsp3) is 0.400. The minimum atomic E-state index is 0.563. The van der Waals surface area contributed by atoms with Gasteiger partial charge in [-0.15, -0.1) is 11.3 Å². The van der Waals surface area contributed by atoms with E-state index in [4.69, 9.17) is 5.73 Å². The van der Waals surface area contributed by atoms with Gasteiger partial charge < -0.3 is 5.73 Å². The van der Waals surface area contributed by atoms with Crippen molar-refractivity contribution in [3.05, 3.63) is 17.8 Å². The third kappa shape index (κ3) is 2.18. The van der Waals surface area contributed by atoms with Crippen LogP contribution < -0.4 is 5.73 Å². The Morgan fingerprint density at radius 1 is 1.53 bits per heavy atom. The zero-order valence-corrected chi connectivity index (χ0v) is 9.66. The summed E-state index contributed by atoms with van der Waals surface area (Å²) < 4.78 is 1.89. The average molecular weight is 222 g/mol. The van der Waals surface area contributed by atoms with Crippen LogP contribution in [0.4, 0.5) is 5.69 Å². The van der Waals surface area contributed by atoms with Crippen molar-refractivity contribution in [1.29, 1.82) is 0 Å². The SMILES string of the molecule is CC(C)Cn1cc(N)c(-c2nccs2)n1. The summed E-state index contributed by atoms with van der Waals surface area (Å²) in [5.41, 5.74) is 7.39. The van der Waals surface area contributed by atoms with Gasteiger partial charge >= 0.3 is 0 Å². The van der Waals surface area contributed by atoms with Crippen LogP contribution >= 0.6 is 11.3 Å². The second kappa shape index (κ2) is 4.02. The molecular weight excluding hydrogens is 208 g/mol. The predicted molar refractivity (Wildman–Crippen MR) is 62.6 cm³/mol. The summed E-state index contributed by atoms with van der Waals surface area (Å²) in [6, 6.07) is 0. The molecule has 2 aromatic heterocycles. The molecule has 0 aliphatic rings. The zero-order valence-electron chi connectivity index (χ0n) is 8.84. The Kier molecular flexibility index (Phi) is 2.73. The first-order valence-electron chi connectivity index (χ1n) is 4.89. The lowest BCUT2D eigenvalue weighted by Crippen LogP contribution is -2.04. The van der Waals surface area contributed by atoms with Crippen LogP contribution in [0.2, 0.25) is 0 Å². The molecule has 0 fully saturated rings. The van der Waals surface area contributed by atoms with E-state index in [1.54, 1.807) is 17.5 Å². The van der Waals surface area contributed by atoms with Gasteiger partial charge in [0.25, 0.3) is 0 Å². The van der Waals surface area contributed by atoms with E-state index < -0.39 is 0 Å². The summed E-state index contributed by atoms with van der Waals surface area (Å²) in [4.78, 5) is 4.20. The molecule has 0 bridgehead atoms. The Hall–Kier alpha value is -1.36. The maximum Gasteiger partial charge on any atom is 0.145 e. The number of nitrogen functional groups attached to an aromatic ring is 1. The third-order valence-corrected chi connectivity index (χ3v) is 2.76. The molecule has 0 aliphatic heterocycles. The highest BCUT2D eigenvalue weighted by Crippen LogP contribution is 2.25. The van der Waals surface area contributed by atoms with E-state index in [1.165, 1.54) is 0 Å². The van der Waals surface area contributed by atoms with E-state index in [0.29, 0.717) is 11.6 Å². The monoisotopic (exact) mass is 222 g/mol. The van der Waals surface area contributed by atoms with Gasteiger partial charge in [-0.05, 0) is 5.92 Å². The van der Waals surface area contributed by atoms with Crippen LogP contribution in [0, 0.1) is 5.92 Å².